The molecule has 0 radical (unpaired) electrons. The molecule has 0 aliphatic carbocycles. The molecule has 158 valence electrons. The van der Waals surface area contributed by atoms with Crippen LogP contribution in [0.25, 0.3) is 10.9 Å². The first kappa shape index (κ1) is 20.9. The van der Waals surface area contributed by atoms with Crippen molar-refractivity contribution in [1.82, 2.24) is 4.57 Å². The Morgan fingerprint density at radius 2 is 1.74 bits per heavy atom. The topological polar surface area (TPSA) is 55.3 Å². The molecule has 31 heavy (non-hydrogen) atoms. The smallest absolute Gasteiger partial charge is 0.257 e. The fourth-order valence-corrected chi connectivity index (χ4v) is 4.63. The van der Waals surface area contributed by atoms with Gasteiger partial charge in [-0.1, -0.05) is 30.3 Å². The summed E-state index contributed by atoms with van der Waals surface area (Å²) in [5.74, 6) is 0.600. The molecule has 0 unspecified atom stereocenters. The molecule has 1 aromatic heterocycles. The largest absolute Gasteiger partial charge is 0.496 e. The second-order valence-corrected chi connectivity index (χ2v) is 8.31. The number of rotatable bonds is 6. The minimum atomic E-state index is -0.142. The van der Waals surface area contributed by atoms with E-state index in [1.807, 2.05) is 66.3 Å². The van der Waals surface area contributed by atoms with E-state index in [9.17, 15) is 4.79 Å². The Morgan fingerprint density at radius 3 is 2.48 bits per heavy atom. The van der Waals surface area contributed by atoms with Crippen LogP contribution in [0.15, 0.2) is 71.8 Å². The van der Waals surface area contributed by atoms with Crippen LogP contribution in [0.5, 0.6) is 5.75 Å². The third-order valence-corrected chi connectivity index (χ3v) is 6.15. The van der Waals surface area contributed by atoms with Crippen LogP contribution in [-0.2, 0) is 7.05 Å². The number of benzene rings is 3. The summed E-state index contributed by atoms with van der Waals surface area (Å²) in [5.41, 5.74) is 5.70. The van der Waals surface area contributed by atoms with Crippen LogP contribution in [0.3, 0.4) is 0 Å². The van der Waals surface area contributed by atoms with Crippen LogP contribution < -0.4 is 14.8 Å². The molecule has 0 atom stereocenters. The molecule has 0 aliphatic rings. The number of hydrogen-bond acceptors (Lipinski definition) is 4. The molecule has 0 fully saturated rings. The summed E-state index contributed by atoms with van der Waals surface area (Å²) < 4.78 is 10.9. The van der Waals surface area contributed by atoms with Crippen molar-refractivity contribution in [1.29, 1.82) is 0 Å². The Morgan fingerprint density at radius 1 is 1.00 bits per heavy atom. The molecule has 4 rings (SSSR count). The fraction of sp³-hybridized carbons (Fsp3) is 0.160. The summed E-state index contributed by atoms with van der Waals surface area (Å²) in [6.45, 7) is 4.15. The summed E-state index contributed by atoms with van der Waals surface area (Å²) in [7, 11) is 3.59. The van der Waals surface area contributed by atoms with Gasteiger partial charge < -0.3 is 19.3 Å². The summed E-state index contributed by atoms with van der Waals surface area (Å²) >= 11 is 1.47. The number of anilines is 2. The van der Waals surface area contributed by atoms with Gasteiger partial charge in [0.15, 0.2) is 0 Å². The lowest BCUT2D eigenvalue weighted by atomic mass is 10.1. The first-order valence-corrected chi connectivity index (χ1v) is 10.8. The molecule has 2 N–H and O–H groups in total. The van der Waals surface area contributed by atoms with Crippen molar-refractivity contribution >= 4 is 40.1 Å². The fourth-order valence-electron chi connectivity index (χ4n) is 3.65. The van der Waals surface area contributed by atoms with E-state index in [4.69, 9.17) is 4.74 Å². The normalized spacial score (nSPS) is 10.8. The van der Waals surface area contributed by atoms with Gasteiger partial charge in [-0.2, -0.15) is 0 Å². The van der Waals surface area contributed by atoms with E-state index < -0.39 is 0 Å². The number of ether oxygens (including phenoxy) is 1. The van der Waals surface area contributed by atoms with Gasteiger partial charge >= 0.3 is 0 Å². The van der Waals surface area contributed by atoms with Crippen molar-refractivity contribution in [2.45, 2.75) is 18.7 Å². The number of carbonyl (C=O) groups excluding carboxylic acids is 1. The van der Waals surface area contributed by atoms with Gasteiger partial charge in [-0.25, -0.2) is 0 Å². The minimum Gasteiger partial charge on any atom is -0.496 e. The van der Waals surface area contributed by atoms with Crippen molar-refractivity contribution < 1.29 is 9.53 Å². The third kappa shape index (κ3) is 4.25. The molecule has 4 aromatic rings. The monoisotopic (exact) mass is 431 g/mol. The molecule has 1 amide bonds. The molecule has 1 heterocycles. The second kappa shape index (κ2) is 8.78. The Kier molecular flexibility index (Phi) is 5.91. The van der Waals surface area contributed by atoms with E-state index in [2.05, 4.69) is 36.0 Å². The quantitative estimate of drug-likeness (QED) is 0.358. The van der Waals surface area contributed by atoms with E-state index in [-0.39, 0.29) is 5.91 Å². The SMILES string of the molecule is COc1ccc(NC(=O)c2cccc3ccn(C)c23)cc1SNc1c(C)cccc1C. The average Bonchev–Trinajstić information content (AvgIpc) is 3.14. The zero-order valence-corrected chi connectivity index (χ0v) is 18.8. The molecule has 0 saturated carbocycles. The van der Waals surface area contributed by atoms with Crippen molar-refractivity contribution in [2.75, 3.05) is 17.1 Å². The van der Waals surface area contributed by atoms with Crippen LogP contribution in [0.1, 0.15) is 21.5 Å². The van der Waals surface area contributed by atoms with Gasteiger partial charge in [0.1, 0.15) is 5.75 Å². The number of nitrogens with zero attached hydrogens (tertiary/aromatic N) is 1. The van der Waals surface area contributed by atoms with Gasteiger partial charge in [-0.15, -0.1) is 0 Å². The molecular weight excluding hydrogens is 406 g/mol. The highest BCUT2D eigenvalue weighted by atomic mass is 32.2. The molecular formula is C25H25N3O2S. The first-order chi connectivity index (χ1) is 15.0. The number of para-hydroxylation sites is 2. The predicted octanol–water partition coefficient (Wildman–Crippen LogP) is 6.18. The van der Waals surface area contributed by atoms with E-state index in [0.717, 1.165) is 27.2 Å². The summed E-state index contributed by atoms with van der Waals surface area (Å²) in [5, 5.41) is 4.07. The lowest BCUT2D eigenvalue weighted by Gasteiger charge is -2.15. The molecule has 6 heteroatoms. The van der Waals surface area contributed by atoms with Crippen LogP contribution in [0.4, 0.5) is 11.4 Å². The van der Waals surface area contributed by atoms with Gasteiger partial charge in [0.2, 0.25) is 0 Å². The molecule has 0 aliphatic heterocycles. The summed E-state index contributed by atoms with van der Waals surface area (Å²) in [6.07, 6.45) is 1.96. The van der Waals surface area contributed by atoms with Crippen molar-refractivity contribution in [3.8, 4) is 5.75 Å². The number of fused-ring (bicyclic) bond motifs is 1. The number of hydrogen-bond donors (Lipinski definition) is 2. The molecule has 0 bridgehead atoms. The van der Waals surface area contributed by atoms with E-state index in [1.54, 1.807) is 7.11 Å². The Hall–Kier alpha value is -3.38. The van der Waals surface area contributed by atoms with E-state index >= 15 is 0 Å². The maximum Gasteiger partial charge on any atom is 0.257 e. The second-order valence-electron chi connectivity index (χ2n) is 7.46. The number of aromatic nitrogens is 1. The highest BCUT2D eigenvalue weighted by molar-refractivity contribution is 8.00. The highest BCUT2D eigenvalue weighted by Crippen LogP contribution is 2.34. The molecule has 0 spiro atoms. The maximum atomic E-state index is 13.0. The van der Waals surface area contributed by atoms with Gasteiger partial charge in [0, 0.05) is 24.3 Å². The Labute approximate surface area is 186 Å². The number of nitrogens with one attached hydrogen (secondary N) is 2. The third-order valence-electron chi connectivity index (χ3n) is 5.31. The zero-order valence-electron chi connectivity index (χ0n) is 18.0. The van der Waals surface area contributed by atoms with Gasteiger partial charge in [0.25, 0.3) is 5.91 Å². The van der Waals surface area contributed by atoms with Gasteiger partial charge in [0.05, 0.1) is 28.8 Å². The highest BCUT2D eigenvalue weighted by Gasteiger charge is 2.14. The average molecular weight is 432 g/mol. The maximum absolute atomic E-state index is 13.0. The molecule has 5 nitrogen and oxygen atoms in total. The zero-order chi connectivity index (χ0) is 22.0. The minimum absolute atomic E-state index is 0.142. The van der Waals surface area contributed by atoms with Gasteiger partial charge in [-0.3, -0.25) is 4.79 Å². The first-order valence-electron chi connectivity index (χ1n) is 10.0. The number of carbonyl (C=O) groups is 1. The van der Waals surface area contributed by atoms with Crippen molar-refractivity contribution in [2.24, 2.45) is 7.05 Å². The van der Waals surface area contributed by atoms with Crippen LogP contribution in [0.2, 0.25) is 0 Å². The van der Waals surface area contributed by atoms with Crippen LogP contribution in [-0.4, -0.2) is 17.6 Å². The standard InChI is InChI=1S/C25H25N3O2S/c1-16-7-5-8-17(2)23(16)27-31-22-15-19(11-12-21(22)30-4)26-25(29)20-10-6-9-18-13-14-28(3)24(18)20/h5-15,27H,1-4H3,(H,26,29). The van der Waals surface area contributed by atoms with Crippen molar-refractivity contribution in [3.05, 3.63) is 83.6 Å². The molecule has 0 saturated heterocycles. The number of aryl methyl sites for hydroxylation is 3. The van der Waals surface area contributed by atoms with Gasteiger partial charge in [-0.05, 0) is 67.3 Å². The van der Waals surface area contributed by atoms with Crippen LogP contribution >= 0.6 is 11.9 Å². The Bertz CT molecular complexity index is 1240. The van der Waals surface area contributed by atoms with Crippen LogP contribution in [0, 0.1) is 13.8 Å². The van der Waals surface area contributed by atoms with E-state index in [1.165, 1.54) is 23.1 Å². The van der Waals surface area contributed by atoms with E-state index in [0.29, 0.717) is 11.3 Å². The summed E-state index contributed by atoms with van der Waals surface area (Å²) in [6, 6.07) is 19.6. The number of methoxy groups -OCH3 is 1. The van der Waals surface area contributed by atoms with Crippen molar-refractivity contribution in [3.63, 3.8) is 0 Å². The summed E-state index contributed by atoms with van der Waals surface area (Å²) in [4.78, 5) is 13.9. The lowest BCUT2D eigenvalue weighted by Crippen LogP contribution is -2.13. The lowest BCUT2D eigenvalue weighted by molar-refractivity contribution is 0.102. The predicted molar refractivity (Wildman–Crippen MR) is 129 cm³/mol. The molecule has 3 aromatic carbocycles. The Balaban J connectivity index is 1.58. The number of amides is 1.